The van der Waals surface area contributed by atoms with Crippen LogP contribution < -0.4 is 0 Å². The zero-order chi connectivity index (χ0) is 22.6. The molecule has 0 atom stereocenters. The summed E-state index contributed by atoms with van der Waals surface area (Å²) in [5.41, 5.74) is 3.21. The maximum atomic E-state index is 2.99. The Kier molecular flexibility index (Phi) is 7.80. The Morgan fingerprint density at radius 2 is 1.29 bits per heavy atom. The minimum atomic E-state index is 0.203. The molecular formula is C30H36Zr. The van der Waals surface area contributed by atoms with Crippen LogP contribution in [0.5, 0.6) is 0 Å². The van der Waals surface area contributed by atoms with Gasteiger partial charge in [-0.1, -0.05) is 76.9 Å². The van der Waals surface area contributed by atoms with Gasteiger partial charge in [0, 0.05) is 0 Å². The van der Waals surface area contributed by atoms with Gasteiger partial charge in [0.05, 0.1) is 0 Å². The van der Waals surface area contributed by atoms with Gasteiger partial charge in [-0.05, 0) is 10.8 Å². The van der Waals surface area contributed by atoms with Gasteiger partial charge in [-0.3, -0.25) is 6.08 Å². The second-order valence-electron chi connectivity index (χ2n) is 10.7. The standard InChI is InChI=1S/C21H25.C5H5.C4H6.Zr/c1-20(2,3)16-7-9-18-14(12-16)11-15-13-17(21(4,5)6)8-10-19(15)18;1-2-4-5-3-1;1-2-4-3-1;/h7-13H,1-6H3;1-3H,4H2;1-3H2;/q2*-1;;+2. The van der Waals surface area contributed by atoms with Crippen LogP contribution in [0.3, 0.4) is 0 Å². The van der Waals surface area contributed by atoms with Crippen LogP contribution >= 0.6 is 0 Å². The van der Waals surface area contributed by atoms with Gasteiger partial charge in [0.1, 0.15) is 0 Å². The van der Waals surface area contributed by atoms with E-state index >= 15 is 0 Å². The first-order valence-corrected chi connectivity index (χ1v) is 12.7. The Hall–Kier alpha value is -1.46. The third-order valence-corrected chi connectivity index (χ3v) is 7.21. The van der Waals surface area contributed by atoms with Gasteiger partial charge in [0.25, 0.3) is 0 Å². The Labute approximate surface area is 204 Å². The molecule has 160 valence electrons. The summed E-state index contributed by atoms with van der Waals surface area (Å²) in [6.45, 7) is 13.6. The monoisotopic (exact) mass is 486 g/mol. The van der Waals surface area contributed by atoms with Crippen molar-refractivity contribution < 1.29 is 24.2 Å². The Morgan fingerprint density at radius 1 is 0.806 bits per heavy atom. The van der Waals surface area contributed by atoms with Crippen molar-refractivity contribution >= 4 is 24.8 Å². The summed E-state index contributed by atoms with van der Waals surface area (Å²) in [6.07, 6.45) is 14.4. The fourth-order valence-electron chi connectivity index (χ4n) is 3.65. The second kappa shape index (κ2) is 10.00. The average Bonchev–Trinajstić information content (AvgIpc) is 3.35. The third kappa shape index (κ3) is 6.52. The molecule has 0 aromatic heterocycles. The van der Waals surface area contributed by atoms with E-state index in [1.807, 2.05) is 12.2 Å². The fraction of sp³-hybridized carbons (Fsp3) is 0.400. The zero-order valence-corrected chi connectivity index (χ0v) is 22.6. The number of rotatable bonds is 0. The van der Waals surface area contributed by atoms with Crippen molar-refractivity contribution in [3.63, 3.8) is 0 Å². The zero-order valence-electron chi connectivity index (χ0n) is 20.1. The van der Waals surface area contributed by atoms with E-state index in [0.717, 1.165) is 6.42 Å². The first kappa shape index (κ1) is 24.2. The van der Waals surface area contributed by atoms with Crippen LogP contribution in [0.2, 0.25) is 0 Å². The molecule has 0 heterocycles. The summed E-state index contributed by atoms with van der Waals surface area (Å²) in [5.74, 6) is 0. The molecule has 0 radical (unpaired) electrons. The molecule has 1 heteroatoms. The van der Waals surface area contributed by atoms with Gasteiger partial charge in [-0.15, -0.1) is 46.2 Å². The fourth-order valence-corrected chi connectivity index (χ4v) is 4.52. The van der Waals surface area contributed by atoms with Crippen molar-refractivity contribution in [1.29, 1.82) is 0 Å². The van der Waals surface area contributed by atoms with Gasteiger partial charge in [-0.25, -0.2) is 12.2 Å². The van der Waals surface area contributed by atoms with Crippen LogP contribution in [-0.2, 0) is 35.1 Å². The first-order valence-electron chi connectivity index (χ1n) is 11.5. The molecule has 3 aromatic carbocycles. The predicted molar refractivity (Wildman–Crippen MR) is 135 cm³/mol. The van der Waals surface area contributed by atoms with E-state index in [0.29, 0.717) is 0 Å². The van der Waals surface area contributed by atoms with Crippen LogP contribution in [0.1, 0.15) is 78.4 Å². The van der Waals surface area contributed by atoms with Gasteiger partial charge in [0.15, 0.2) is 0 Å². The second-order valence-corrected chi connectivity index (χ2v) is 12.4. The van der Waals surface area contributed by atoms with Crippen molar-refractivity contribution in [2.24, 2.45) is 0 Å². The van der Waals surface area contributed by atoms with E-state index in [9.17, 15) is 0 Å². The summed E-state index contributed by atoms with van der Waals surface area (Å²) in [7, 11) is 0. The summed E-state index contributed by atoms with van der Waals surface area (Å²) in [5, 5.41) is 5.48. The van der Waals surface area contributed by atoms with Crippen molar-refractivity contribution in [2.45, 2.75) is 78.1 Å². The number of allylic oxidation sites excluding steroid dienone is 4. The average molecular weight is 488 g/mol. The quantitative estimate of drug-likeness (QED) is 0.279. The minimum absolute atomic E-state index is 0.203. The molecule has 0 amide bonds. The van der Waals surface area contributed by atoms with Gasteiger partial charge < -0.3 is 0 Å². The van der Waals surface area contributed by atoms with E-state index in [1.165, 1.54) is 51.9 Å². The van der Waals surface area contributed by atoms with Crippen LogP contribution in [0.4, 0.5) is 0 Å². The molecule has 5 rings (SSSR count). The molecule has 0 aliphatic heterocycles. The third-order valence-electron chi connectivity index (χ3n) is 5.98. The topological polar surface area (TPSA) is 0 Å². The van der Waals surface area contributed by atoms with E-state index in [-0.39, 0.29) is 10.8 Å². The van der Waals surface area contributed by atoms with Crippen molar-refractivity contribution in [3.8, 4) is 0 Å². The molecule has 0 nitrogen and oxygen atoms in total. The molecule has 0 N–H and O–H groups in total. The molecule has 2 aliphatic rings. The first-order chi connectivity index (χ1) is 14.6. The maximum absolute atomic E-state index is 2.99. The molecule has 0 spiro atoms. The van der Waals surface area contributed by atoms with E-state index in [2.05, 4.69) is 96.2 Å². The summed E-state index contributed by atoms with van der Waals surface area (Å²) in [4.78, 5) is 0. The number of hydrogen-bond donors (Lipinski definition) is 0. The summed E-state index contributed by atoms with van der Waals surface area (Å²) in [6, 6.07) is 16.2. The van der Waals surface area contributed by atoms with Gasteiger partial charge >= 0.3 is 46.7 Å². The number of benzene rings is 2. The molecular weight excluding hydrogens is 452 g/mol. The van der Waals surface area contributed by atoms with Gasteiger partial charge in [-0.2, -0.15) is 6.08 Å². The molecule has 3 aromatic rings. The van der Waals surface area contributed by atoms with Crippen LogP contribution in [-0.4, -0.2) is 3.21 Å². The van der Waals surface area contributed by atoms with Crippen LogP contribution in [0.15, 0.2) is 60.7 Å². The normalized spacial score (nSPS) is 15.4. The van der Waals surface area contributed by atoms with Gasteiger partial charge in [0.2, 0.25) is 0 Å². The molecule has 0 saturated heterocycles. The Balaban J connectivity index is 0.000000221. The molecule has 1 fully saturated rings. The molecule has 0 bridgehead atoms. The molecule has 0 unspecified atom stereocenters. The summed E-state index contributed by atoms with van der Waals surface area (Å²) < 4.78 is 1.78. The van der Waals surface area contributed by atoms with Crippen molar-refractivity contribution in [2.75, 3.05) is 0 Å². The van der Waals surface area contributed by atoms with Crippen molar-refractivity contribution in [3.05, 3.63) is 77.9 Å². The van der Waals surface area contributed by atoms with Crippen LogP contribution in [0, 0.1) is 6.08 Å². The van der Waals surface area contributed by atoms with Crippen molar-refractivity contribution in [1.82, 2.24) is 0 Å². The Morgan fingerprint density at radius 3 is 1.55 bits per heavy atom. The SMILES string of the molecule is CC(C)(C)c1ccc2c(c1)[cH-]c1cc(C(C)(C)C)ccc12.[C-]1=CC=CC1.[Zr+2]=[C]1CCC1. The number of fused-ring (bicyclic) bond motifs is 3. The Bertz CT molecular complexity index is 1020. The molecule has 31 heavy (non-hydrogen) atoms. The van der Waals surface area contributed by atoms with Crippen LogP contribution in [0.25, 0.3) is 21.5 Å². The van der Waals surface area contributed by atoms with E-state index < -0.39 is 0 Å². The van der Waals surface area contributed by atoms with E-state index in [1.54, 1.807) is 27.4 Å². The summed E-state index contributed by atoms with van der Waals surface area (Å²) >= 11 is 1.67. The molecule has 2 aliphatic carbocycles. The van der Waals surface area contributed by atoms with E-state index in [4.69, 9.17) is 0 Å². The number of hydrogen-bond acceptors (Lipinski definition) is 0. The predicted octanol–water partition coefficient (Wildman–Crippen LogP) is 8.50. The molecule has 1 saturated carbocycles.